The molecule has 0 aliphatic rings. The van der Waals surface area contributed by atoms with Crippen LogP contribution in [0.4, 0.5) is 5.69 Å². The molecule has 28 heavy (non-hydrogen) atoms. The van der Waals surface area contributed by atoms with Gasteiger partial charge in [0.05, 0.1) is 18.0 Å². The smallest absolute Gasteiger partial charge is 0.267 e. The molecule has 0 atom stereocenters. The Balaban J connectivity index is 1.73. The number of nitrogens with one attached hydrogen (secondary N) is 1. The fourth-order valence-electron chi connectivity index (χ4n) is 2.67. The highest BCUT2D eigenvalue weighted by molar-refractivity contribution is 5.92. The van der Waals surface area contributed by atoms with Gasteiger partial charge in [-0.1, -0.05) is 55.8 Å². The number of carbonyl (C=O) groups excluding carboxylic acids is 1. The molecule has 0 radical (unpaired) electrons. The molecular formula is C22H23N3O3. The molecule has 0 unspecified atom stereocenters. The number of carbonyl (C=O) groups is 1. The van der Waals surface area contributed by atoms with Crippen molar-refractivity contribution in [1.82, 2.24) is 9.78 Å². The van der Waals surface area contributed by atoms with Crippen LogP contribution in [0.1, 0.15) is 19.8 Å². The van der Waals surface area contributed by atoms with Gasteiger partial charge >= 0.3 is 0 Å². The van der Waals surface area contributed by atoms with E-state index in [0.29, 0.717) is 23.7 Å². The van der Waals surface area contributed by atoms with Gasteiger partial charge in [-0.15, -0.1) is 0 Å². The minimum absolute atomic E-state index is 0.178. The highest BCUT2D eigenvalue weighted by Gasteiger charge is 2.11. The highest BCUT2D eigenvalue weighted by Crippen LogP contribution is 2.24. The lowest BCUT2D eigenvalue weighted by molar-refractivity contribution is -0.117. The maximum Gasteiger partial charge on any atom is 0.267 e. The second-order valence-electron chi connectivity index (χ2n) is 6.33. The predicted octanol–water partition coefficient (Wildman–Crippen LogP) is 3.73. The number of hydrogen-bond acceptors (Lipinski definition) is 4. The SMILES string of the molecule is CCCCOc1ccccc1NC(=O)Cn1nc(-c2ccccc2)ccc1=O. The van der Waals surface area contributed by atoms with Crippen LogP contribution < -0.4 is 15.6 Å². The van der Waals surface area contributed by atoms with Crippen molar-refractivity contribution in [1.29, 1.82) is 0 Å². The first-order valence-electron chi connectivity index (χ1n) is 9.32. The van der Waals surface area contributed by atoms with Gasteiger partial charge in [-0.2, -0.15) is 5.10 Å². The van der Waals surface area contributed by atoms with Gasteiger partial charge < -0.3 is 10.1 Å². The maximum atomic E-state index is 12.5. The van der Waals surface area contributed by atoms with Gasteiger partial charge in [0.25, 0.3) is 5.56 Å². The van der Waals surface area contributed by atoms with Crippen molar-refractivity contribution in [3.63, 3.8) is 0 Å². The van der Waals surface area contributed by atoms with Crippen molar-refractivity contribution in [2.24, 2.45) is 0 Å². The molecule has 1 amide bonds. The van der Waals surface area contributed by atoms with Crippen LogP contribution >= 0.6 is 0 Å². The quantitative estimate of drug-likeness (QED) is 0.607. The molecule has 0 saturated carbocycles. The standard InChI is InChI=1S/C22H23N3O3/c1-2-3-15-28-20-12-8-7-11-19(20)23-21(26)16-25-22(27)14-13-18(24-25)17-9-5-4-6-10-17/h4-14H,2-3,15-16H2,1H3,(H,23,26). The van der Waals surface area contributed by atoms with E-state index in [0.717, 1.165) is 23.1 Å². The topological polar surface area (TPSA) is 73.2 Å². The zero-order chi connectivity index (χ0) is 19.8. The Bertz CT molecular complexity index is 984. The maximum absolute atomic E-state index is 12.5. The van der Waals surface area contributed by atoms with Gasteiger partial charge in [-0.3, -0.25) is 9.59 Å². The van der Waals surface area contributed by atoms with E-state index in [2.05, 4.69) is 17.3 Å². The zero-order valence-electron chi connectivity index (χ0n) is 15.8. The van der Waals surface area contributed by atoms with Gasteiger partial charge in [0.15, 0.2) is 0 Å². The van der Waals surface area contributed by atoms with Gasteiger partial charge in [0.2, 0.25) is 5.91 Å². The molecule has 144 valence electrons. The normalized spacial score (nSPS) is 10.5. The van der Waals surface area contributed by atoms with E-state index < -0.39 is 0 Å². The Morgan fingerprint density at radius 2 is 1.79 bits per heavy atom. The number of nitrogens with zero attached hydrogens (tertiary/aromatic N) is 2. The summed E-state index contributed by atoms with van der Waals surface area (Å²) in [4.78, 5) is 24.6. The van der Waals surface area contributed by atoms with E-state index in [1.54, 1.807) is 12.1 Å². The lowest BCUT2D eigenvalue weighted by atomic mass is 10.1. The van der Waals surface area contributed by atoms with E-state index in [9.17, 15) is 9.59 Å². The zero-order valence-corrected chi connectivity index (χ0v) is 15.8. The minimum Gasteiger partial charge on any atom is -0.491 e. The van der Waals surface area contributed by atoms with Gasteiger partial charge in [-0.05, 0) is 24.6 Å². The third-order valence-corrected chi connectivity index (χ3v) is 4.15. The first-order valence-corrected chi connectivity index (χ1v) is 9.32. The van der Waals surface area contributed by atoms with E-state index in [1.165, 1.54) is 6.07 Å². The number of amides is 1. The molecule has 2 aromatic carbocycles. The molecular weight excluding hydrogens is 354 g/mol. The molecule has 6 nitrogen and oxygen atoms in total. The number of para-hydroxylation sites is 2. The van der Waals surface area contributed by atoms with Crippen molar-refractivity contribution >= 4 is 11.6 Å². The summed E-state index contributed by atoms with van der Waals surface area (Å²) >= 11 is 0. The largest absolute Gasteiger partial charge is 0.491 e. The molecule has 0 fully saturated rings. The second kappa shape index (κ2) is 9.50. The fourth-order valence-corrected chi connectivity index (χ4v) is 2.67. The van der Waals surface area contributed by atoms with Crippen molar-refractivity contribution in [2.45, 2.75) is 26.3 Å². The van der Waals surface area contributed by atoms with Crippen LogP contribution in [0.15, 0.2) is 71.5 Å². The molecule has 3 aromatic rings. The molecule has 0 aliphatic heterocycles. The Labute approximate surface area is 163 Å². The number of aromatic nitrogens is 2. The highest BCUT2D eigenvalue weighted by atomic mass is 16.5. The Hall–Kier alpha value is -3.41. The first kappa shape index (κ1) is 19.4. The van der Waals surface area contributed by atoms with Crippen molar-refractivity contribution < 1.29 is 9.53 Å². The molecule has 0 bridgehead atoms. The number of anilines is 1. The summed E-state index contributed by atoms with van der Waals surface area (Å²) < 4.78 is 6.90. The Morgan fingerprint density at radius 3 is 2.57 bits per heavy atom. The van der Waals surface area contributed by atoms with Crippen molar-refractivity contribution in [3.8, 4) is 17.0 Å². The first-order chi connectivity index (χ1) is 13.7. The molecule has 6 heteroatoms. The number of hydrogen-bond donors (Lipinski definition) is 1. The van der Waals surface area contributed by atoms with Crippen molar-refractivity contribution in [3.05, 3.63) is 77.1 Å². The number of benzene rings is 2. The Morgan fingerprint density at radius 1 is 1.04 bits per heavy atom. The number of rotatable bonds is 8. The summed E-state index contributed by atoms with van der Waals surface area (Å²) in [6.45, 7) is 2.50. The molecule has 1 heterocycles. The molecule has 3 rings (SSSR count). The van der Waals surface area contributed by atoms with Crippen LogP contribution in [0.3, 0.4) is 0 Å². The van der Waals surface area contributed by atoms with Gasteiger partial charge in [-0.25, -0.2) is 4.68 Å². The molecule has 0 aliphatic carbocycles. The summed E-state index contributed by atoms with van der Waals surface area (Å²) in [5, 5.41) is 7.13. The number of unbranched alkanes of at least 4 members (excludes halogenated alkanes) is 1. The van der Waals surface area contributed by atoms with Gasteiger partial charge in [0.1, 0.15) is 12.3 Å². The predicted molar refractivity (Wildman–Crippen MR) is 109 cm³/mol. The molecule has 1 N–H and O–H groups in total. The molecule has 0 spiro atoms. The van der Waals surface area contributed by atoms with E-state index in [1.807, 2.05) is 48.5 Å². The third kappa shape index (κ3) is 5.07. The monoisotopic (exact) mass is 377 g/mol. The number of ether oxygens (including phenoxy) is 1. The van der Waals surface area contributed by atoms with Crippen LogP contribution in [0.2, 0.25) is 0 Å². The fraction of sp³-hybridized carbons (Fsp3) is 0.227. The van der Waals surface area contributed by atoms with E-state index >= 15 is 0 Å². The minimum atomic E-state index is -0.341. The second-order valence-corrected chi connectivity index (χ2v) is 6.33. The summed E-state index contributed by atoms with van der Waals surface area (Å²) in [6, 6.07) is 19.8. The summed E-state index contributed by atoms with van der Waals surface area (Å²) in [6.07, 6.45) is 1.97. The molecule has 1 aromatic heterocycles. The summed E-state index contributed by atoms with van der Waals surface area (Å²) in [5.74, 6) is 0.272. The average Bonchev–Trinajstić information content (AvgIpc) is 2.72. The lowest BCUT2D eigenvalue weighted by Crippen LogP contribution is -2.29. The van der Waals surface area contributed by atoms with Crippen LogP contribution in [-0.4, -0.2) is 22.3 Å². The van der Waals surface area contributed by atoms with E-state index in [4.69, 9.17) is 4.74 Å². The van der Waals surface area contributed by atoms with Crippen LogP contribution in [0, 0.1) is 0 Å². The van der Waals surface area contributed by atoms with Crippen molar-refractivity contribution in [2.75, 3.05) is 11.9 Å². The van der Waals surface area contributed by atoms with Crippen LogP contribution in [0.25, 0.3) is 11.3 Å². The van der Waals surface area contributed by atoms with Crippen LogP contribution in [0.5, 0.6) is 5.75 Å². The van der Waals surface area contributed by atoms with Gasteiger partial charge in [0, 0.05) is 11.6 Å². The van der Waals surface area contributed by atoms with E-state index in [-0.39, 0.29) is 18.0 Å². The lowest BCUT2D eigenvalue weighted by Gasteiger charge is -2.13. The average molecular weight is 377 g/mol. The van der Waals surface area contributed by atoms with Crippen LogP contribution in [-0.2, 0) is 11.3 Å². The Kier molecular flexibility index (Phi) is 6.57. The summed E-state index contributed by atoms with van der Waals surface area (Å²) in [5.41, 5.74) is 1.76. The summed E-state index contributed by atoms with van der Waals surface area (Å²) in [7, 11) is 0. The molecule has 0 saturated heterocycles. The third-order valence-electron chi connectivity index (χ3n) is 4.15.